The average molecular weight is 308 g/mol. The fraction of sp³-hybridized carbons (Fsp3) is 0.350. The fourth-order valence-corrected chi connectivity index (χ4v) is 2.84. The number of rotatable bonds is 8. The molecule has 0 amide bonds. The van der Waals surface area contributed by atoms with Crippen LogP contribution in [0.2, 0.25) is 0 Å². The molecule has 1 aromatic carbocycles. The number of hydrogen-bond donors (Lipinski definition) is 0. The minimum Gasteiger partial charge on any atom is -0.463 e. The Bertz CT molecular complexity index is 699. The minimum absolute atomic E-state index is 0.826. The van der Waals surface area contributed by atoms with Crippen molar-refractivity contribution in [3.8, 4) is 22.7 Å². The first-order chi connectivity index (χ1) is 11.4. The van der Waals surface area contributed by atoms with E-state index < -0.39 is 0 Å². The van der Waals surface area contributed by atoms with E-state index in [9.17, 15) is 0 Å². The Morgan fingerprint density at radius 1 is 0.957 bits per heavy atom. The first kappa shape index (κ1) is 15.6. The Balaban J connectivity index is 1.81. The Labute approximate surface area is 138 Å². The van der Waals surface area contributed by atoms with Gasteiger partial charge in [0, 0.05) is 6.54 Å². The highest BCUT2D eigenvalue weighted by Crippen LogP contribution is 2.26. The Morgan fingerprint density at radius 2 is 1.78 bits per heavy atom. The lowest BCUT2D eigenvalue weighted by Gasteiger charge is -2.07. The van der Waals surface area contributed by atoms with Crippen molar-refractivity contribution in [2.24, 2.45) is 0 Å². The molecule has 3 aromatic rings. The van der Waals surface area contributed by atoms with E-state index in [0.717, 1.165) is 23.7 Å². The van der Waals surface area contributed by atoms with E-state index in [4.69, 9.17) is 9.52 Å². The van der Waals surface area contributed by atoms with Gasteiger partial charge in [0.2, 0.25) is 0 Å². The number of nitrogens with zero attached hydrogens (tertiary/aromatic N) is 2. The third-order valence-electron chi connectivity index (χ3n) is 4.10. The molecular formula is C20H24N2O. The summed E-state index contributed by atoms with van der Waals surface area (Å²) >= 11 is 0. The molecule has 0 saturated heterocycles. The zero-order chi connectivity index (χ0) is 15.9. The SMILES string of the molecule is CCCCCCCn1nc(-c2ccco2)cc1-c1ccccc1. The van der Waals surface area contributed by atoms with Crippen molar-refractivity contribution in [2.45, 2.75) is 45.6 Å². The van der Waals surface area contributed by atoms with Gasteiger partial charge in [-0.3, -0.25) is 4.68 Å². The lowest BCUT2D eigenvalue weighted by atomic mass is 10.1. The smallest absolute Gasteiger partial charge is 0.154 e. The van der Waals surface area contributed by atoms with Crippen LogP contribution in [0.15, 0.2) is 59.2 Å². The van der Waals surface area contributed by atoms with Crippen molar-refractivity contribution in [1.82, 2.24) is 9.78 Å². The van der Waals surface area contributed by atoms with Crippen LogP contribution in [-0.4, -0.2) is 9.78 Å². The monoisotopic (exact) mass is 308 g/mol. The molecule has 3 heteroatoms. The van der Waals surface area contributed by atoms with Crippen LogP contribution in [0.25, 0.3) is 22.7 Å². The molecule has 0 bridgehead atoms. The van der Waals surface area contributed by atoms with Crippen molar-refractivity contribution in [3.05, 3.63) is 54.8 Å². The predicted octanol–water partition coefficient (Wildman–Crippen LogP) is 5.78. The van der Waals surface area contributed by atoms with Gasteiger partial charge in [0.15, 0.2) is 5.76 Å². The summed E-state index contributed by atoms with van der Waals surface area (Å²) in [6.07, 6.45) is 8.03. The van der Waals surface area contributed by atoms with Crippen LogP contribution in [0.5, 0.6) is 0 Å². The van der Waals surface area contributed by atoms with E-state index >= 15 is 0 Å². The minimum atomic E-state index is 0.826. The third kappa shape index (κ3) is 3.92. The van der Waals surface area contributed by atoms with Gasteiger partial charge in [0.05, 0.1) is 12.0 Å². The summed E-state index contributed by atoms with van der Waals surface area (Å²) in [4.78, 5) is 0. The topological polar surface area (TPSA) is 31.0 Å². The summed E-state index contributed by atoms with van der Waals surface area (Å²) in [6.45, 7) is 3.20. The molecule has 2 heterocycles. The summed E-state index contributed by atoms with van der Waals surface area (Å²) < 4.78 is 7.63. The van der Waals surface area contributed by atoms with Gasteiger partial charge in [0.25, 0.3) is 0 Å². The number of benzene rings is 1. The van der Waals surface area contributed by atoms with Gasteiger partial charge in [-0.1, -0.05) is 62.9 Å². The van der Waals surface area contributed by atoms with E-state index in [1.807, 2.05) is 18.2 Å². The van der Waals surface area contributed by atoms with Gasteiger partial charge in [-0.25, -0.2) is 0 Å². The maximum Gasteiger partial charge on any atom is 0.154 e. The quantitative estimate of drug-likeness (QED) is 0.494. The fourth-order valence-electron chi connectivity index (χ4n) is 2.84. The van der Waals surface area contributed by atoms with Crippen molar-refractivity contribution in [1.29, 1.82) is 0 Å². The standard InChI is InChI=1S/C20H24N2O/c1-2-3-4-5-9-14-22-19(17-11-7-6-8-12-17)16-18(21-22)20-13-10-15-23-20/h6-8,10-13,15-16H,2-5,9,14H2,1H3. The summed E-state index contributed by atoms with van der Waals surface area (Å²) in [5.74, 6) is 0.826. The zero-order valence-electron chi connectivity index (χ0n) is 13.7. The number of furan rings is 1. The maximum atomic E-state index is 5.51. The number of aromatic nitrogens is 2. The lowest BCUT2D eigenvalue weighted by Crippen LogP contribution is -2.02. The molecule has 0 aliphatic rings. The van der Waals surface area contributed by atoms with Crippen molar-refractivity contribution in [3.63, 3.8) is 0 Å². The molecule has 0 fully saturated rings. The highest BCUT2D eigenvalue weighted by molar-refractivity contribution is 5.66. The van der Waals surface area contributed by atoms with E-state index in [0.29, 0.717) is 0 Å². The second-order valence-corrected chi connectivity index (χ2v) is 5.90. The highest BCUT2D eigenvalue weighted by Gasteiger charge is 2.12. The van der Waals surface area contributed by atoms with Gasteiger partial charge in [0.1, 0.15) is 5.69 Å². The molecule has 0 aliphatic heterocycles. The van der Waals surface area contributed by atoms with Crippen LogP contribution in [0.3, 0.4) is 0 Å². The summed E-state index contributed by atoms with van der Waals surface area (Å²) in [5, 5.41) is 4.77. The largest absolute Gasteiger partial charge is 0.463 e. The summed E-state index contributed by atoms with van der Waals surface area (Å²) in [6, 6.07) is 16.4. The van der Waals surface area contributed by atoms with Gasteiger partial charge < -0.3 is 4.42 Å². The van der Waals surface area contributed by atoms with Crippen molar-refractivity contribution >= 4 is 0 Å². The Kier molecular flexibility index (Phi) is 5.30. The molecule has 120 valence electrons. The molecule has 0 unspecified atom stereocenters. The van der Waals surface area contributed by atoms with Gasteiger partial charge in [-0.15, -0.1) is 0 Å². The third-order valence-corrected chi connectivity index (χ3v) is 4.10. The first-order valence-electron chi connectivity index (χ1n) is 8.55. The Hall–Kier alpha value is -2.29. The predicted molar refractivity (Wildman–Crippen MR) is 94.1 cm³/mol. The van der Waals surface area contributed by atoms with E-state index in [-0.39, 0.29) is 0 Å². The normalized spacial score (nSPS) is 11.0. The molecule has 23 heavy (non-hydrogen) atoms. The lowest BCUT2D eigenvalue weighted by molar-refractivity contribution is 0.533. The molecule has 3 nitrogen and oxygen atoms in total. The molecule has 2 aromatic heterocycles. The summed E-state index contributed by atoms with van der Waals surface area (Å²) in [5.41, 5.74) is 3.27. The molecule has 0 radical (unpaired) electrons. The summed E-state index contributed by atoms with van der Waals surface area (Å²) in [7, 11) is 0. The van der Waals surface area contributed by atoms with Crippen LogP contribution < -0.4 is 0 Å². The second-order valence-electron chi connectivity index (χ2n) is 5.90. The van der Waals surface area contributed by atoms with Crippen LogP contribution in [0.4, 0.5) is 0 Å². The molecular weight excluding hydrogens is 284 g/mol. The van der Waals surface area contributed by atoms with Crippen molar-refractivity contribution in [2.75, 3.05) is 0 Å². The van der Waals surface area contributed by atoms with E-state index in [1.54, 1.807) is 6.26 Å². The van der Waals surface area contributed by atoms with Gasteiger partial charge >= 0.3 is 0 Å². The first-order valence-corrected chi connectivity index (χ1v) is 8.55. The molecule has 0 aliphatic carbocycles. The zero-order valence-corrected chi connectivity index (χ0v) is 13.7. The Morgan fingerprint density at radius 3 is 2.52 bits per heavy atom. The molecule has 0 atom stereocenters. The van der Waals surface area contributed by atoms with E-state index in [2.05, 4.69) is 41.9 Å². The van der Waals surface area contributed by atoms with Gasteiger partial charge in [-0.2, -0.15) is 5.10 Å². The highest BCUT2D eigenvalue weighted by atomic mass is 16.3. The van der Waals surface area contributed by atoms with Gasteiger partial charge in [-0.05, 0) is 30.2 Å². The maximum absolute atomic E-state index is 5.51. The number of aryl methyl sites for hydroxylation is 1. The van der Waals surface area contributed by atoms with E-state index in [1.165, 1.54) is 37.7 Å². The van der Waals surface area contributed by atoms with Crippen LogP contribution >= 0.6 is 0 Å². The van der Waals surface area contributed by atoms with Crippen molar-refractivity contribution < 1.29 is 4.42 Å². The number of unbranched alkanes of at least 4 members (excludes halogenated alkanes) is 4. The van der Waals surface area contributed by atoms with Crippen LogP contribution in [0.1, 0.15) is 39.0 Å². The molecule has 3 rings (SSSR count). The molecule has 0 N–H and O–H groups in total. The second kappa shape index (κ2) is 7.82. The molecule has 0 saturated carbocycles. The number of hydrogen-bond acceptors (Lipinski definition) is 2. The average Bonchev–Trinajstić information content (AvgIpc) is 3.25. The molecule has 0 spiro atoms. The van der Waals surface area contributed by atoms with Crippen LogP contribution in [0, 0.1) is 0 Å². The van der Waals surface area contributed by atoms with Crippen LogP contribution in [-0.2, 0) is 6.54 Å².